The van der Waals surface area contributed by atoms with Gasteiger partial charge in [0.1, 0.15) is 4.88 Å². The van der Waals surface area contributed by atoms with E-state index in [0.717, 1.165) is 6.42 Å². The third kappa shape index (κ3) is 2.38. The predicted molar refractivity (Wildman–Crippen MR) is 58.4 cm³/mol. The zero-order valence-electron chi connectivity index (χ0n) is 8.63. The van der Waals surface area contributed by atoms with Crippen molar-refractivity contribution in [3.8, 4) is 0 Å². The molecule has 1 unspecified atom stereocenters. The van der Waals surface area contributed by atoms with Crippen LogP contribution in [0.4, 0.5) is 0 Å². The third-order valence-electron chi connectivity index (χ3n) is 2.68. The smallest absolute Gasteiger partial charge is 0.303 e. The molecule has 0 aliphatic carbocycles. The number of carbonyl (C=O) groups is 2. The van der Waals surface area contributed by atoms with Gasteiger partial charge >= 0.3 is 5.97 Å². The van der Waals surface area contributed by atoms with Gasteiger partial charge in [-0.2, -0.15) is 0 Å². The van der Waals surface area contributed by atoms with Gasteiger partial charge in [-0.1, -0.05) is 0 Å². The first-order valence-corrected chi connectivity index (χ1v) is 5.94. The molecule has 16 heavy (non-hydrogen) atoms. The lowest BCUT2D eigenvalue weighted by Gasteiger charge is -2.14. The van der Waals surface area contributed by atoms with Crippen LogP contribution in [0, 0.1) is 5.92 Å². The number of carbonyl (C=O) groups excluding carboxylic acids is 1. The van der Waals surface area contributed by atoms with Gasteiger partial charge < -0.3 is 10.0 Å². The van der Waals surface area contributed by atoms with Crippen molar-refractivity contribution in [1.82, 2.24) is 9.88 Å². The molecule has 86 valence electrons. The molecule has 2 heterocycles. The maximum Gasteiger partial charge on any atom is 0.303 e. The Kier molecular flexibility index (Phi) is 3.19. The second-order valence-corrected chi connectivity index (χ2v) is 4.76. The molecular weight excluding hydrogens is 228 g/mol. The van der Waals surface area contributed by atoms with Crippen molar-refractivity contribution in [2.24, 2.45) is 5.92 Å². The number of hydrogen-bond acceptors (Lipinski definition) is 4. The standard InChI is InChI=1S/C10H12N2O3S/c13-9(14)3-7-1-2-12(5-7)10(15)8-4-11-6-16-8/h4,6-7H,1-3,5H2,(H,13,14). The summed E-state index contributed by atoms with van der Waals surface area (Å²) < 4.78 is 0. The van der Waals surface area contributed by atoms with E-state index in [1.165, 1.54) is 11.3 Å². The number of hydrogen-bond donors (Lipinski definition) is 1. The zero-order chi connectivity index (χ0) is 11.5. The molecule has 1 saturated heterocycles. The fourth-order valence-corrected chi connectivity index (χ4v) is 2.49. The van der Waals surface area contributed by atoms with Crippen molar-refractivity contribution in [2.45, 2.75) is 12.8 Å². The third-order valence-corrected chi connectivity index (χ3v) is 3.44. The lowest BCUT2D eigenvalue weighted by Crippen LogP contribution is -2.28. The van der Waals surface area contributed by atoms with Gasteiger partial charge in [-0.05, 0) is 12.3 Å². The molecular formula is C10H12N2O3S. The number of rotatable bonds is 3. The normalized spacial score (nSPS) is 20.0. The van der Waals surface area contributed by atoms with E-state index in [9.17, 15) is 9.59 Å². The summed E-state index contributed by atoms with van der Waals surface area (Å²) in [5.41, 5.74) is 1.62. The highest BCUT2D eigenvalue weighted by atomic mass is 32.1. The molecule has 1 fully saturated rings. The molecule has 1 amide bonds. The molecule has 0 bridgehead atoms. The molecule has 1 N–H and O–H groups in total. The molecule has 5 nitrogen and oxygen atoms in total. The van der Waals surface area contributed by atoms with Crippen LogP contribution in [-0.4, -0.2) is 40.0 Å². The van der Waals surface area contributed by atoms with E-state index < -0.39 is 5.97 Å². The van der Waals surface area contributed by atoms with Gasteiger partial charge in [0.25, 0.3) is 5.91 Å². The Balaban J connectivity index is 1.94. The second-order valence-electron chi connectivity index (χ2n) is 3.87. The van der Waals surface area contributed by atoms with Crippen LogP contribution >= 0.6 is 11.3 Å². The fourth-order valence-electron chi connectivity index (χ4n) is 1.91. The number of carboxylic acid groups (broad SMARTS) is 1. The van der Waals surface area contributed by atoms with Crippen LogP contribution in [0.5, 0.6) is 0 Å². The molecule has 1 atom stereocenters. The average molecular weight is 240 g/mol. The molecule has 1 aliphatic rings. The Morgan fingerprint density at radius 2 is 2.44 bits per heavy atom. The highest BCUT2D eigenvalue weighted by Gasteiger charge is 2.28. The quantitative estimate of drug-likeness (QED) is 0.858. The Labute approximate surface area is 96.7 Å². The van der Waals surface area contributed by atoms with Crippen LogP contribution in [0.2, 0.25) is 0 Å². The van der Waals surface area contributed by atoms with Gasteiger partial charge in [-0.3, -0.25) is 14.6 Å². The lowest BCUT2D eigenvalue weighted by atomic mass is 10.1. The highest BCUT2D eigenvalue weighted by Crippen LogP contribution is 2.22. The lowest BCUT2D eigenvalue weighted by molar-refractivity contribution is -0.138. The molecule has 0 saturated carbocycles. The van der Waals surface area contributed by atoms with E-state index in [2.05, 4.69) is 4.98 Å². The van der Waals surface area contributed by atoms with E-state index in [-0.39, 0.29) is 18.2 Å². The second kappa shape index (κ2) is 4.61. The fraction of sp³-hybridized carbons (Fsp3) is 0.500. The van der Waals surface area contributed by atoms with Gasteiger partial charge in [0.15, 0.2) is 0 Å². The van der Waals surface area contributed by atoms with Crippen LogP contribution in [0.3, 0.4) is 0 Å². The summed E-state index contributed by atoms with van der Waals surface area (Å²) in [6, 6.07) is 0. The van der Waals surface area contributed by atoms with Crippen molar-refractivity contribution in [3.05, 3.63) is 16.6 Å². The van der Waals surface area contributed by atoms with Gasteiger partial charge in [0.05, 0.1) is 11.7 Å². The highest BCUT2D eigenvalue weighted by molar-refractivity contribution is 7.11. The van der Waals surface area contributed by atoms with Crippen LogP contribution < -0.4 is 0 Å². The molecule has 6 heteroatoms. The minimum atomic E-state index is -0.794. The molecule has 1 aliphatic heterocycles. The van der Waals surface area contributed by atoms with Crippen LogP contribution in [-0.2, 0) is 4.79 Å². The molecule has 0 spiro atoms. The molecule has 1 aromatic rings. The number of aliphatic carboxylic acids is 1. The van der Waals surface area contributed by atoms with E-state index in [4.69, 9.17) is 5.11 Å². The average Bonchev–Trinajstić information content (AvgIpc) is 2.84. The monoisotopic (exact) mass is 240 g/mol. The van der Waals surface area contributed by atoms with Crippen LogP contribution in [0.25, 0.3) is 0 Å². The van der Waals surface area contributed by atoms with Crippen molar-refractivity contribution in [1.29, 1.82) is 0 Å². The van der Waals surface area contributed by atoms with Gasteiger partial charge in [0.2, 0.25) is 0 Å². The van der Waals surface area contributed by atoms with Crippen molar-refractivity contribution < 1.29 is 14.7 Å². The maximum atomic E-state index is 11.9. The summed E-state index contributed by atoms with van der Waals surface area (Å²) in [4.78, 5) is 28.6. The minimum absolute atomic E-state index is 0.0320. The number of aromatic nitrogens is 1. The Morgan fingerprint density at radius 3 is 3.06 bits per heavy atom. The van der Waals surface area contributed by atoms with Crippen molar-refractivity contribution in [3.63, 3.8) is 0 Å². The Bertz CT molecular complexity index is 391. The topological polar surface area (TPSA) is 70.5 Å². The summed E-state index contributed by atoms with van der Waals surface area (Å²) >= 11 is 1.31. The first-order valence-electron chi connectivity index (χ1n) is 5.06. The number of amides is 1. The zero-order valence-corrected chi connectivity index (χ0v) is 9.44. The Morgan fingerprint density at radius 1 is 1.62 bits per heavy atom. The van der Waals surface area contributed by atoms with Gasteiger partial charge in [-0.15, -0.1) is 11.3 Å². The first kappa shape index (κ1) is 11.1. The summed E-state index contributed by atoms with van der Waals surface area (Å²) in [6.07, 6.45) is 2.47. The molecule has 1 aromatic heterocycles. The maximum absolute atomic E-state index is 11.9. The molecule has 2 rings (SSSR count). The SMILES string of the molecule is O=C(O)CC1CCN(C(=O)c2cncs2)C1. The van der Waals surface area contributed by atoms with Gasteiger partial charge in [-0.25, -0.2) is 0 Å². The van der Waals surface area contributed by atoms with Gasteiger partial charge in [0, 0.05) is 19.5 Å². The largest absolute Gasteiger partial charge is 0.481 e. The van der Waals surface area contributed by atoms with E-state index in [1.54, 1.807) is 16.6 Å². The number of likely N-dealkylation sites (tertiary alicyclic amines) is 1. The number of nitrogens with zero attached hydrogens (tertiary/aromatic N) is 2. The van der Waals surface area contributed by atoms with Crippen LogP contribution in [0.15, 0.2) is 11.7 Å². The summed E-state index contributed by atoms with van der Waals surface area (Å²) in [6.45, 7) is 1.19. The Hall–Kier alpha value is -1.43. The van der Waals surface area contributed by atoms with Crippen molar-refractivity contribution >= 4 is 23.2 Å². The minimum Gasteiger partial charge on any atom is -0.481 e. The van der Waals surface area contributed by atoms with Crippen molar-refractivity contribution in [2.75, 3.05) is 13.1 Å². The summed E-state index contributed by atoms with van der Waals surface area (Å²) in [7, 11) is 0. The summed E-state index contributed by atoms with van der Waals surface area (Å²) in [5, 5.41) is 8.67. The van der Waals surface area contributed by atoms with E-state index >= 15 is 0 Å². The van der Waals surface area contributed by atoms with E-state index in [0.29, 0.717) is 18.0 Å². The first-order chi connectivity index (χ1) is 7.66. The predicted octanol–water partition coefficient (Wildman–Crippen LogP) is 1.08. The molecule has 0 aromatic carbocycles. The summed E-state index contributed by atoms with van der Waals surface area (Å²) in [5.74, 6) is -0.734. The number of thiazole rings is 1. The molecule has 0 radical (unpaired) electrons. The number of carboxylic acids is 1. The van der Waals surface area contributed by atoms with Crippen LogP contribution in [0.1, 0.15) is 22.5 Å². The van der Waals surface area contributed by atoms with E-state index in [1.807, 2.05) is 0 Å².